The first-order chi connectivity index (χ1) is 13.7. The second-order valence-corrected chi connectivity index (χ2v) is 9.42. The van der Waals surface area contributed by atoms with Crippen molar-refractivity contribution in [1.29, 1.82) is 0 Å². The molecule has 0 amide bonds. The summed E-state index contributed by atoms with van der Waals surface area (Å²) in [4.78, 5) is 2.91. The van der Waals surface area contributed by atoms with Gasteiger partial charge in [0.2, 0.25) is 10.0 Å². The van der Waals surface area contributed by atoms with E-state index >= 15 is 0 Å². The molecule has 1 heterocycles. The number of nitrogens with one attached hydrogen (secondary N) is 1. The van der Waals surface area contributed by atoms with Gasteiger partial charge < -0.3 is 9.29 Å². The number of phenolic OH excluding ortho intramolecular Hbond substituents is 1. The Hall–Kier alpha value is -2.95. The van der Waals surface area contributed by atoms with Gasteiger partial charge in [-0.25, -0.2) is 13.1 Å². The third-order valence-corrected chi connectivity index (χ3v) is 6.76. The second-order valence-electron chi connectivity index (χ2n) is 6.17. The van der Waals surface area contributed by atoms with Crippen molar-refractivity contribution in [2.45, 2.75) is 23.3 Å². The number of phenols is 1. The summed E-state index contributed by atoms with van der Waals surface area (Å²) in [5.74, 6) is -0.297. The molecule has 0 saturated heterocycles. The number of aryl methyl sites for hydroxylation is 1. The summed E-state index contributed by atoms with van der Waals surface area (Å²) in [7, 11) is -8.64. The van der Waals surface area contributed by atoms with Crippen molar-refractivity contribution in [1.82, 2.24) is 9.71 Å². The maximum atomic E-state index is 12.8. The fourth-order valence-electron chi connectivity index (χ4n) is 2.58. The van der Waals surface area contributed by atoms with E-state index in [1.54, 1.807) is 19.1 Å². The van der Waals surface area contributed by atoms with Gasteiger partial charge in [0, 0.05) is 25.0 Å². The molecule has 0 fully saturated rings. The van der Waals surface area contributed by atoms with Crippen molar-refractivity contribution in [3.8, 4) is 11.5 Å². The average molecular weight is 434 g/mol. The van der Waals surface area contributed by atoms with Crippen molar-refractivity contribution < 1.29 is 26.1 Å². The molecule has 0 radical (unpaired) electrons. The lowest BCUT2D eigenvalue weighted by Gasteiger charge is -2.13. The van der Waals surface area contributed by atoms with Crippen LogP contribution in [0.25, 0.3) is 0 Å². The minimum Gasteiger partial charge on any atom is -0.508 e. The standard InChI is InChI=1S/C19H18N2O6S2/c1-14-10-16(22)12-17(11-14)27-29(25,26)19-5-3-2-4-18(19)28(23,24)21-13-15-6-8-20-9-7-15/h2-12,21-22H,13H2,1H3. The molecule has 3 rings (SSSR count). The highest BCUT2D eigenvalue weighted by Gasteiger charge is 2.28. The molecule has 0 aliphatic heterocycles. The van der Waals surface area contributed by atoms with Crippen molar-refractivity contribution in [2.24, 2.45) is 0 Å². The lowest BCUT2D eigenvalue weighted by molar-refractivity contribution is 0.461. The number of nitrogens with zero attached hydrogens (tertiary/aromatic N) is 1. The summed E-state index contributed by atoms with van der Waals surface area (Å²) in [5.41, 5.74) is 1.24. The van der Waals surface area contributed by atoms with Crippen LogP contribution < -0.4 is 8.91 Å². The summed E-state index contributed by atoms with van der Waals surface area (Å²) in [6, 6.07) is 12.4. The number of hydrogen-bond acceptors (Lipinski definition) is 7. The van der Waals surface area contributed by atoms with Gasteiger partial charge in [0.15, 0.2) is 0 Å². The Morgan fingerprint density at radius 1 is 0.966 bits per heavy atom. The topological polar surface area (TPSA) is 123 Å². The van der Waals surface area contributed by atoms with Gasteiger partial charge in [-0.2, -0.15) is 8.42 Å². The zero-order chi connectivity index (χ0) is 21.1. The molecule has 2 N–H and O–H groups in total. The van der Waals surface area contributed by atoms with Gasteiger partial charge in [0.1, 0.15) is 21.3 Å². The van der Waals surface area contributed by atoms with Crippen LogP contribution in [0.4, 0.5) is 0 Å². The highest BCUT2D eigenvalue weighted by atomic mass is 32.2. The highest BCUT2D eigenvalue weighted by Crippen LogP contribution is 2.27. The Bertz CT molecular complexity index is 1210. The van der Waals surface area contributed by atoms with Crippen molar-refractivity contribution >= 4 is 20.1 Å². The fraction of sp³-hybridized carbons (Fsp3) is 0.105. The number of aromatic hydroxyl groups is 1. The molecule has 152 valence electrons. The molecule has 1 aromatic heterocycles. The van der Waals surface area contributed by atoms with Crippen molar-refractivity contribution in [3.63, 3.8) is 0 Å². The van der Waals surface area contributed by atoms with Crippen molar-refractivity contribution in [3.05, 3.63) is 78.1 Å². The molecule has 0 atom stereocenters. The monoisotopic (exact) mass is 434 g/mol. The van der Waals surface area contributed by atoms with E-state index in [1.807, 2.05) is 0 Å². The zero-order valence-corrected chi connectivity index (χ0v) is 16.9. The Morgan fingerprint density at radius 3 is 2.28 bits per heavy atom. The van der Waals surface area contributed by atoms with Crippen LogP contribution >= 0.6 is 0 Å². The Balaban J connectivity index is 1.92. The van der Waals surface area contributed by atoms with Gasteiger partial charge in [-0.3, -0.25) is 4.98 Å². The normalized spacial score (nSPS) is 11.9. The number of aromatic nitrogens is 1. The number of hydrogen-bond donors (Lipinski definition) is 2. The van der Waals surface area contributed by atoms with Gasteiger partial charge in [-0.15, -0.1) is 0 Å². The number of sulfonamides is 1. The molecule has 0 aliphatic carbocycles. The largest absolute Gasteiger partial charge is 0.508 e. The third kappa shape index (κ3) is 5.11. The van der Waals surface area contributed by atoms with E-state index < -0.39 is 29.9 Å². The molecular formula is C19H18N2O6S2. The summed E-state index contributed by atoms with van der Waals surface area (Å²) in [6.45, 7) is 1.62. The Kier molecular flexibility index (Phi) is 5.87. The quantitative estimate of drug-likeness (QED) is 0.547. The van der Waals surface area contributed by atoms with E-state index in [4.69, 9.17) is 4.18 Å². The van der Waals surface area contributed by atoms with Crippen molar-refractivity contribution in [2.75, 3.05) is 0 Å². The maximum absolute atomic E-state index is 12.8. The predicted octanol–water partition coefficient (Wildman–Crippen LogP) is 2.34. The predicted molar refractivity (Wildman–Crippen MR) is 105 cm³/mol. The minimum absolute atomic E-state index is 0.0359. The molecule has 3 aromatic rings. The van der Waals surface area contributed by atoms with Crippen LogP contribution in [0.15, 0.2) is 76.8 Å². The Labute approximate surface area is 169 Å². The smallest absolute Gasteiger partial charge is 0.340 e. The van der Waals surface area contributed by atoms with Gasteiger partial charge in [-0.05, 0) is 54.4 Å². The molecule has 0 saturated carbocycles. The first kappa shape index (κ1) is 20.8. The SMILES string of the molecule is Cc1cc(O)cc(OS(=O)(=O)c2ccccc2S(=O)(=O)NCc2ccncc2)c1. The third-order valence-electron chi connectivity index (χ3n) is 3.87. The first-order valence-corrected chi connectivity index (χ1v) is 11.3. The zero-order valence-electron chi connectivity index (χ0n) is 15.3. The van der Waals surface area contributed by atoms with E-state index in [2.05, 4.69) is 9.71 Å². The van der Waals surface area contributed by atoms with Gasteiger partial charge in [0.25, 0.3) is 0 Å². The molecule has 0 spiro atoms. The lowest BCUT2D eigenvalue weighted by atomic mass is 10.2. The molecule has 0 unspecified atom stereocenters. The molecule has 2 aromatic carbocycles. The summed E-state index contributed by atoms with van der Waals surface area (Å²) < 4.78 is 58.4. The summed E-state index contributed by atoms with van der Waals surface area (Å²) in [6.07, 6.45) is 3.04. The van der Waals surface area contributed by atoms with Crippen LogP contribution in [0.2, 0.25) is 0 Å². The van der Waals surface area contributed by atoms with Crippen LogP contribution in [-0.4, -0.2) is 26.9 Å². The van der Waals surface area contributed by atoms with Gasteiger partial charge in [-0.1, -0.05) is 12.1 Å². The van der Waals surface area contributed by atoms with Gasteiger partial charge >= 0.3 is 10.1 Å². The van der Waals surface area contributed by atoms with Crippen LogP contribution in [0.5, 0.6) is 11.5 Å². The van der Waals surface area contributed by atoms with E-state index in [9.17, 15) is 21.9 Å². The average Bonchev–Trinajstić information content (AvgIpc) is 2.66. The van der Waals surface area contributed by atoms with Crippen LogP contribution in [-0.2, 0) is 26.7 Å². The minimum atomic E-state index is -4.48. The van der Waals surface area contributed by atoms with E-state index in [0.717, 1.165) is 12.1 Å². The van der Waals surface area contributed by atoms with Crippen LogP contribution in [0.1, 0.15) is 11.1 Å². The molecule has 29 heavy (non-hydrogen) atoms. The second kappa shape index (κ2) is 8.19. The molecule has 0 aliphatic rings. The first-order valence-electron chi connectivity index (χ1n) is 8.40. The number of pyridine rings is 1. The van der Waals surface area contributed by atoms with E-state index in [1.165, 1.54) is 42.7 Å². The molecule has 0 bridgehead atoms. The maximum Gasteiger partial charge on any atom is 0.340 e. The molecular weight excluding hydrogens is 416 g/mol. The number of benzene rings is 2. The summed E-state index contributed by atoms with van der Waals surface area (Å²) >= 11 is 0. The lowest BCUT2D eigenvalue weighted by Crippen LogP contribution is -2.25. The highest BCUT2D eigenvalue weighted by molar-refractivity contribution is 7.91. The van der Waals surface area contributed by atoms with Crippen LogP contribution in [0.3, 0.4) is 0 Å². The summed E-state index contributed by atoms with van der Waals surface area (Å²) in [5, 5.41) is 9.64. The van der Waals surface area contributed by atoms with E-state index in [-0.39, 0.29) is 18.0 Å². The van der Waals surface area contributed by atoms with Crippen LogP contribution in [0, 0.1) is 6.92 Å². The molecule has 10 heteroatoms. The number of rotatable bonds is 7. The fourth-order valence-corrected chi connectivity index (χ4v) is 5.32. The molecule has 8 nitrogen and oxygen atoms in total. The van der Waals surface area contributed by atoms with Gasteiger partial charge in [0.05, 0.1) is 0 Å². The Morgan fingerprint density at radius 2 is 1.62 bits per heavy atom. The van der Waals surface area contributed by atoms with E-state index in [0.29, 0.717) is 11.1 Å².